The van der Waals surface area contributed by atoms with Crippen molar-refractivity contribution < 1.29 is 9.53 Å². The summed E-state index contributed by atoms with van der Waals surface area (Å²) in [5, 5.41) is 3.36. The molecule has 1 fully saturated rings. The Hall–Kier alpha value is -1.39. The predicted octanol–water partition coefficient (Wildman–Crippen LogP) is 3.01. The lowest BCUT2D eigenvalue weighted by Gasteiger charge is -2.44. The molecule has 1 aromatic rings. The van der Waals surface area contributed by atoms with Gasteiger partial charge in [-0.2, -0.15) is 0 Å². The van der Waals surface area contributed by atoms with Crippen LogP contribution in [-0.2, 0) is 16.0 Å². The van der Waals surface area contributed by atoms with Crippen LogP contribution in [0.15, 0.2) is 30.3 Å². The van der Waals surface area contributed by atoms with Crippen molar-refractivity contribution in [2.24, 2.45) is 0 Å². The quantitative estimate of drug-likeness (QED) is 0.834. The first kappa shape index (κ1) is 18.9. The average molecular weight is 332 g/mol. The molecule has 0 aliphatic carbocycles. The zero-order valence-corrected chi connectivity index (χ0v) is 15.5. The number of piperidine rings is 1. The molecule has 0 bridgehead atoms. The standard InChI is InChI=1S/C20H32N2O2/c1-16(2)22-12-10-20(11-13-22,15-18-8-6-5-7-9-18)21-19(23)14-17(3)24-4/h5-9,16-17H,10-15H2,1-4H3,(H,21,23). The lowest BCUT2D eigenvalue weighted by Crippen LogP contribution is -2.57. The van der Waals surface area contributed by atoms with Crippen molar-refractivity contribution in [1.29, 1.82) is 0 Å². The van der Waals surface area contributed by atoms with Gasteiger partial charge in [0, 0.05) is 31.8 Å². The van der Waals surface area contributed by atoms with Crippen molar-refractivity contribution in [1.82, 2.24) is 10.2 Å². The highest BCUT2D eigenvalue weighted by Gasteiger charge is 2.36. The van der Waals surface area contributed by atoms with E-state index in [1.807, 2.05) is 13.0 Å². The molecule has 0 aromatic heterocycles. The molecule has 1 atom stereocenters. The fourth-order valence-electron chi connectivity index (χ4n) is 3.49. The molecule has 1 saturated heterocycles. The van der Waals surface area contributed by atoms with E-state index in [1.54, 1.807) is 7.11 Å². The Balaban J connectivity index is 2.08. The first-order valence-electron chi connectivity index (χ1n) is 9.06. The van der Waals surface area contributed by atoms with E-state index < -0.39 is 0 Å². The van der Waals surface area contributed by atoms with E-state index in [1.165, 1.54) is 5.56 Å². The van der Waals surface area contributed by atoms with Gasteiger partial charge in [-0.1, -0.05) is 30.3 Å². The third-order valence-corrected chi connectivity index (χ3v) is 5.15. The van der Waals surface area contributed by atoms with Gasteiger partial charge in [0.1, 0.15) is 0 Å². The lowest BCUT2D eigenvalue weighted by molar-refractivity contribution is -0.125. The summed E-state index contributed by atoms with van der Waals surface area (Å²) in [7, 11) is 1.65. The van der Waals surface area contributed by atoms with E-state index in [9.17, 15) is 4.79 Å². The van der Waals surface area contributed by atoms with Crippen LogP contribution in [0.25, 0.3) is 0 Å². The van der Waals surface area contributed by atoms with Gasteiger partial charge in [0.25, 0.3) is 0 Å². The van der Waals surface area contributed by atoms with Gasteiger partial charge in [-0.25, -0.2) is 0 Å². The maximum atomic E-state index is 12.5. The fraction of sp³-hybridized carbons (Fsp3) is 0.650. The van der Waals surface area contributed by atoms with E-state index in [4.69, 9.17) is 4.74 Å². The number of ether oxygens (including phenoxy) is 1. The second-order valence-corrected chi connectivity index (χ2v) is 7.37. The number of likely N-dealkylation sites (tertiary alicyclic amines) is 1. The zero-order valence-electron chi connectivity index (χ0n) is 15.5. The summed E-state index contributed by atoms with van der Waals surface area (Å²) in [5.74, 6) is 0.0956. The third-order valence-electron chi connectivity index (χ3n) is 5.15. The normalized spacial score (nSPS) is 19.2. The largest absolute Gasteiger partial charge is 0.381 e. The summed E-state index contributed by atoms with van der Waals surface area (Å²) in [5.41, 5.74) is 1.15. The van der Waals surface area contributed by atoms with E-state index in [0.717, 1.165) is 32.4 Å². The molecule has 24 heavy (non-hydrogen) atoms. The van der Waals surface area contributed by atoms with Crippen LogP contribution in [0.3, 0.4) is 0 Å². The fourth-order valence-corrected chi connectivity index (χ4v) is 3.49. The number of nitrogens with one attached hydrogen (secondary N) is 1. The van der Waals surface area contributed by atoms with Crippen LogP contribution in [0.4, 0.5) is 0 Å². The van der Waals surface area contributed by atoms with Gasteiger partial charge in [0.15, 0.2) is 0 Å². The number of amides is 1. The van der Waals surface area contributed by atoms with E-state index in [2.05, 4.69) is 48.3 Å². The third kappa shape index (κ3) is 5.32. The van der Waals surface area contributed by atoms with Gasteiger partial charge in [0.05, 0.1) is 12.5 Å². The molecule has 1 aliphatic rings. The maximum absolute atomic E-state index is 12.5. The van der Waals surface area contributed by atoms with Crippen molar-refractivity contribution in [3.05, 3.63) is 35.9 Å². The van der Waals surface area contributed by atoms with Crippen LogP contribution in [0.5, 0.6) is 0 Å². The molecule has 4 heteroatoms. The minimum atomic E-state index is -0.142. The van der Waals surface area contributed by atoms with Gasteiger partial charge in [0.2, 0.25) is 5.91 Å². The van der Waals surface area contributed by atoms with Crippen molar-refractivity contribution in [3.8, 4) is 0 Å². The number of carbonyl (C=O) groups excluding carboxylic acids is 1. The highest BCUT2D eigenvalue weighted by molar-refractivity contribution is 5.77. The van der Waals surface area contributed by atoms with Gasteiger partial charge in [-0.05, 0) is 45.6 Å². The monoisotopic (exact) mass is 332 g/mol. The van der Waals surface area contributed by atoms with Crippen LogP contribution in [0.2, 0.25) is 0 Å². The van der Waals surface area contributed by atoms with Crippen molar-refractivity contribution in [2.75, 3.05) is 20.2 Å². The van der Waals surface area contributed by atoms with Crippen molar-refractivity contribution in [3.63, 3.8) is 0 Å². The van der Waals surface area contributed by atoms with E-state index >= 15 is 0 Å². The summed E-state index contributed by atoms with van der Waals surface area (Å²) in [4.78, 5) is 15.0. The summed E-state index contributed by atoms with van der Waals surface area (Å²) in [6.45, 7) is 8.48. The molecule has 4 nitrogen and oxygen atoms in total. The molecule has 1 aromatic carbocycles. The second-order valence-electron chi connectivity index (χ2n) is 7.37. The summed E-state index contributed by atoms with van der Waals surface area (Å²) >= 11 is 0. The summed E-state index contributed by atoms with van der Waals surface area (Å²) in [6.07, 6.45) is 3.25. The van der Waals surface area contributed by atoms with E-state index in [-0.39, 0.29) is 17.6 Å². The summed E-state index contributed by atoms with van der Waals surface area (Å²) in [6, 6.07) is 11.0. The highest BCUT2D eigenvalue weighted by Crippen LogP contribution is 2.28. The molecule has 1 aliphatic heterocycles. The van der Waals surface area contributed by atoms with Crippen molar-refractivity contribution in [2.45, 2.75) is 64.1 Å². The summed E-state index contributed by atoms with van der Waals surface area (Å²) < 4.78 is 5.24. The van der Waals surface area contributed by atoms with Gasteiger partial charge >= 0.3 is 0 Å². The first-order chi connectivity index (χ1) is 11.4. The average Bonchev–Trinajstić information content (AvgIpc) is 2.55. The van der Waals surface area contributed by atoms with Crippen molar-refractivity contribution >= 4 is 5.91 Å². The predicted molar refractivity (Wildman–Crippen MR) is 98.1 cm³/mol. The molecule has 1 amide bonds. The second kappa shape index (κ2) is 8.63. The van der Waals surface area contributed by atoms with Crippen LogP contribution in [0.1, 0.15) is 45.6 Å². The highest BCUT2D eigenvalue weighted by atomic mass is 16.5. The van der Waals surface area contributed by atoms with Gasteiger partial charge < -0.3 is 15.0 Å². The molecule has 2 rings (SSSR count). The van der Waals surface area contributed by atoms with Gasteiger partial charge in [-0.15, -0.1) is 0 Å². The maximum Gasteiger partial charge on any atom is 0.223 e. The number of benzene rings is 1. The Labute approximate surface area is 146 Å². The molecule has 134 valence electrons. The molecule has 0 spiro atoms. The number of nitrogens with zero attached hydrogens (tertiary/aromatic N) is 1. The molecule has 0 radical (unpaired) electrons. The SMILES string of the molecule is COC(C)CC(=O)NC1(Cc2ccccc2)CCN(C(C)C)CC1. The minimum Gasteiger partial charge on any atom is -0.381 e. The molecular formula is C20H32N2O2. The number of hydrogen-bond donors (Lipinski definition) is 1. The number of carbonyl (C=O) groups is 1. The van der Waals surface area contributed by atoms with Crippen LogP contribution >= 0.6 is 0 Å². The number of methoxy groups -OCH3 is 1. The van der Waals surface area contributed by atoms with E-state index in [0.29, 0.717) is 12.5 Å². The molecule has 1 N–H and O–H groups in total. The van der Waals surface area contributed by atoms with Gasteiger partial charge in [-0.3, -0.25) is 4.79 Å². The Kier molecular flexibility index (Phi) is 6.81. The van der Waals surface area contributed by atoms with Crippen LogP contribution in [0, 0.1) is 0 Å². The molecule has 1 heterocycles. The minimum absolute atomic E-state index is 0.0467. The number of rotatable bonds is 7. The number of hydrogen-bond acceptors (Lipinski definition) is 3. The first-order valence-corrected chi connectivity index (χ1v) is 9.06. The van der Waals surface area contributed by atoms with Crippen LogP contribution < -0.4 is 5.32 Å². The lowest BCUT2D eigenvalue weighted by atomic mass is 9.81. The molecular weight excluding hydrogens is 300 g/mol. The topological polar surface area (TPSA) is 41.6 Å². The molecule has 0 saturated carbocycles. The Bertz CT molecular complexity index is 508. The molecule has 1 unspecified atom stereocenters. The smallest absolute Gasteiger partial charge is 0.223 e. The Morgan fingerprint density at radius 3 is 2.38 bits per heavy atom. The Morgan fingerprint density at radius 2 is 1.83 bits per heavy atom. The van der Waals surface area contributed by atoms with Crippen LogP contribution in [-0.4, -0.2) is 48.7 Å². The zero-order chi connectivity index (χ0) is 17.6. The Morgan fingerprint density at radius 1 is 1.21 bits per heavy atom.